The Morgan fingerprint density at radius 1 is 1.44 bits per heavy atom. The summed E-state index contributed by atoms with van der Waals surface area (Å²) >= 11 is 5.90. The molecule has 1 aliphatic rings. The van der Waals surface area contributed by atoms with Crippen molar-refractivity contribution >= 4 is 17.3 Å². The van der Waals surface area contributed by atoms with Crippen LogP contribution in [0.2, 0.25) is 5.02 Å². The van der Waals surface area contributed by atoms with E-state index >= 15 is 0 Å². The summed E-state index contributed by atoms with van der Waals surface area (Å²) in [5.41, 5.74) is 6.71. The molecule has 98 valence electrons. The number of halogens is 1. The highest BCUT2D eigenvalue weighted by Crippen LogP contribution is 2.34. The number of nitro benzene ring substituents is 1. The van der Waals surface area contributed by atoms with Gasteiger partial charge in [-0.3, -0.25) is 10.1 Å². The Morgan fingerprint density at radius 3 is 2.72 bits per heavy atom. The fourth-order valence-electron chi connectivity index (χ4n) is 2.29. The van der Waals surface area contributed by atoms with Gasteiger partial charge in [-0.05, 0) is 30.9 Å². The zero-order chi connectivity index (χ0) is 13.1. The molecule has 1 fully saturated rings. The molecule has 0 unspecified atom stereocenters. The van der Waals surface area contributed by atoms with Crippen LogP contribution in [0, 0.1) is 16.0 Å². The predicted molar refractivity (Wildman–Crippen MR) is 68.6 cm³/mol. The van der Waals surface area contributed by atoms with E-state index in [-0.39, 0.29) is 17.6 Å². The molecule has 1 aromatic carbocycles. The lowest BCUT2D eigenvalue weighted by Gasteiger charge is -2.27. The van der Waals surface area contributed by atoms with E-state index in [2.05, 4.69) is 0 Å². The molecule has 1 saturated heterocycles. The first kappa shape index (κ1) is 13.3. The number of hydrogen-bond acceptors (Lipinski definition) is 4. The van der Waals surface area contributed by atoms with E-state index in [4.69, 9.17) is 22.1 Å². The summed E-state index contributed by atoms with van der Waals surface area (Å²) in [6.07, 6.45) is 1.65. The van der Waals surface area contributed by atoms with Crippen molar-refractivity contribution in [1.29, 1.82) is 0 Å². The number of nitrogens with zero attached hydrogens (tertiary/aromatic N) is 1. The smallest absolute Gasteiger partial charge is 0.274 e. The summed E-state index contributed by atoms with van der Waals surface area (Å²) in [6, 6.07) is 4.16. The number of ether oxygens (including phenoxy) is 1. The van der Waals surface area contributed by atoms with Gasteiger partial charge in [0, 0.05) is 35.9 Å². The minimum atomic E-state index is -0.412. The summed E-state index contributed by atoms with van der Waals surface area (Å²) in [4.78, 5) is 10.6. The van der Waals surface area contributed by atoms with E-state index in [1.165, 1.54) is 12.1 Å². The van der Waals surface area contributed by atoms with Crippen molar-refractivity contribution < 1.29 is 9.66 Å². The van der Waals surface area contributed by atoms with E-state index in [1.54, 1.807) is 6.07 Å². The largest absolute Gasteiger partial charge is 0.381 e. The lowest BCUT2D eigenvalue weighted by atomic mass is 9.87. The van der Waals surface area contributed by atoms with Crippen LogP contribution in [-0.2, 0) is 4.74 Å². The number of nitrogens with two attached hydrogens (primary N) is 1. The highest BCUT2D eigenvalue weighted by Gasteiger charge is 2.27. The van der Waals surface area contributed by atoms with Crippen molar-refractivity contribution in [3.05, 3.63) is 38.9 Å². The Kier molecular flexibility index (Phi) is 4.16. The van der Waals surface area contributed by atoms with Crippen LogP contribution in [0.5, 0.6) is 0 Å². The number of hydrogen-bond donors (Lipinski definition) is 1. The van der Waals surface area contributed by atoms with Crippen molar-refractivity contribution in [3.8, 4) is 0 Å². The topological polar surface area (TPSA) is 78.4 Å². The van der Waals surface area contributed by atoms with Crippen molar-refractivity contribution in [2.24, 2.45) is 11.7 Å². The molecule has 0 radical (unpaired) electrons. The third-order valence-corrected chi connectivity index (χ3v) is 3.55. The quantitative estimate of drug-likeness (QED) is 0.676. The molecule has 5 nitrogen and oxygen atoms in total. The Labute approximate surface area is 110 Å². The fraction of sp³-hybridized carbons (Fsp3) is 0.500. The van der Waals surface area contributed by atoms with Gasteiger partial charge in [-0.25, -0.2) is 0 Å². The fourth-order valence-corrected chi connectivity index (χ4v) is 2.47. The molecular formula is C12H15ClN2O3. The Bertz CT molecular complexity index is 447. The van der Waals surface area contributed by atoms with Crippen LogP contribution in [0.4, 0.5) is 5.69 Å². The van der Waals surface area contributed by atoms with Gasteiger partial charge in [0.15, 0.2) is 0 Å². The van der Waals surface area contributed by atoms with Gasteiger partial charge >= 0.3 is 0 Å². The van der Waals surface area contributed by atoms with Crippen LogP contribution in [0.3, 0.4) is 0 Å². The van der Waals surface area contributed by atoms with Crippen LogP contribution in [0.15, 0.2) is 18.2 Å². The van der Waals surface area contributed by atoms with Gasteiger partial charge in [0.1, 0.15) is 0 Å². The van der Waals surface area contributed by atoms with Crippen LogP contribution in [0.1, 0.15) is 24.4 Å². The van der Waals surface area contributed by atoms with Gasteiger partial charge in [0.25, 0.3) is 5.69 Å². The van der Waals surface area contributed by atoms with Gasteiger partial charge in [0.2, 0.25) is 0 Å². The second-order valence-electron chi connectivity index (χ2n) is 4.44. The van der Waals surface area contributed by atoms with E-state index in [1.807, 2.05) is 0 Å². The molecule has 0 saturated carbocycles. The standard InChI is InChI=1S/C12H15ClN2O3/c13-9-1-2-11(15(16)17)10(7-9)12(14)8-3-5-18-6-4-8/h1-2,7-8,12H,3-6,14H2/t12-/m0/s1. The Balaban J connectivity index is 2.30. The molecule has 18 heavy (non-hydrogen) atoms. The lowest BCUT2D eigenvalue weighted by molar-refractivity contribution is -0.385. The first-order valence-corrected chi connectivity index (χ1v) is 6.24. The van der Waals surface area contributed by atoms with Crippen LogP contribution in [0.25, 0.3) is 0 Å². The van der Waals surface area contributed by atoms with Crippen molar-refractivity contribution in [1.82, 2.24) is 0 Å². The van der Waals surface area contributed by atoms with Gasteiger partial charge in [-0.2, -0.15) is 0 Å². The number of nitro groups is 1. The first-order chi connectivity index (χ1) is 8.59. The molecular weight excluding hydrogens is 256 g/mol. The molecule has 0 bridgehead atoms. The third-order valence-electron chi connectivity index (χ3n) is 3.32. The molecule has 0 spiro atoms. The molecule has 6 heteroatoms. The first-order valence-electron chi connectivity index (χ1n) is 5.86. The second kappa shape index (κ2) is 5.65. The maximum atomic E-state index is 11.0. The van der Waals surface area contributed by atoms with Crippen LogP contribution >= 0.6 is 11.6 Å². The number of benzene rings is 1. The summed E-state index contributed by atoms with van der Waals surface area (Å²) < 4.78 is 5.27. The van der Waals surface area contributed by atoms with Gasteiger partial charge in [0.05, 0.1) is 4.92 Å². The molecule has 1 heterocycles. The van der Waals surface area contributed by atoms with Gasteiger partial charge < -0.3 is 10.5 Å². The van der Waals surface area contributed by atoms with Crippen LogP contribution < -0.4 is 5.73 Å². The molecule has 0 aliphatic carbocycles. The summed E-state index contributed by atoms with van der Waals surface area (Å²) in [5.74, 6) is 0.205. The predicted octanol–water partition coefficient (Wildman–Crippen LogP) is 2.67. The maximum Gasteiger partial charge on any atom is 0.274 e. The molecule has 1 aliphatic heterocycles. The lowest BCUT2D eigenvalue weighted by Crippen LogP contribution is -2.28. The summed E-state index contributed by atoms with van der Waals surface area (Å²) in [6.45, 7) is 1.32. The third kappa shape index (κ3) is 2.80. The van der Waals surface area contributed by atoms with Gasteiger partial charge in [-0.1, -0.05) is 11.6 Å². The highest BCUT2D eigenvalue weighted by molar-refractivity contribution is 6.30. The van der Waals surface area contributed by atoms with E-state index in [9.17, 15) is 10.1 Å². The maximum absolute atomic E-state index is 11.0. The van der Waals surface area contributed by atoms with Crippen molar-refractivity contribution in [3.63, 3.8) is 0 Å². The second-order valence-corrected chi connectivity index (χ2v) is 4.87. The van der Waals surface area contributed by atoms with Crippen molar-refractivity contribution in [2.75, 3.05) is 13.2 Å². The average molecular weight is 271 g/mol. The molecule has 2 rings (SSSR count). The Morgan fingerprint density at radius 2 is 2.11 bits per heavy atom. The SMILES string of the molecule is N[C@H](c1cc(Cl)ccc1[N+](=O)[O-])C1CCOCC1. The minimum absolute atomic E-state index is 0.0402. The normalized spacial score (nSPS) is 18.6. The van der Waals surface area contributed by atoms with E-state index in [0.717, 1.165) is 12.8 Å². The zero-order valence-corrected chi connectivity index (χ0v) is 10.6. The molecule has 2 N–H and O–H groups in total. The number of rotatable bonds is 3. The monoisotopic (exact) mass is 270 g/mol. The van der Waals surface area contributed by atoms with E-state index in [0.29, 0.717) is 23.8 Å². The van der Waals surface area contributed by atoms with Crippen LogP contribution in [-0.4, -0.2) is 18.1 Å². The highest BCUT2D eigenvalue weighted by atomic mass is 35.5. The zero-order valence-electron chi connectivity index (χ0n) is 9.84. The average Bonchev–Trinajstić information content (AvgIpc) is 2.38. The summed E-state index contributed by atoms with van der Waals surface area (Å²) in [7, 11) is 0. The van der Waals surface area contributed by atoms with Crippen molar-refractivity contribution in [2.45, 2.75) is 18.9 Å². The minimum Gasteiger partial charge on any atom is -0.381 e. The Hall–Kier alpha value is -1.17. The summed E-state index contributed by atoms with van der Waals surface area (Å²) in [5, 5.41) is 11.5. The molecule has 0 aromatic heterocycles. The molecule has 0 amide bonds. The van der Waals surface area contributed by atoms with E-state index < -0.39 is 4.92 Å². The van der Waals surface area contributed by atoms with Gasteiger partial charge in [-0.15, -0.1) is 0 Å². The molecule has 1 atom stereocenters. The molecule has 1 aromatic rings.